The van der Waals surface area contributed by atoms with Crippen molar-refractivity contribution in [3.63, 3.8) is 0 Å². The van der Waals surface area contributed by atoms with Crippen LogP contribution in [0.2, 0.25) is 5.02 Å². The first-order valence-corrected chi connectivity index (χ1v) is 6.79. The van der Waals surface area contributed by atoms with Crippen LogP contribution in [0.4, 0.5) is 10.1 Å². The second-order valence-corrected chi connectivity index (χ2v) is 5.33. The Labute approximate surface area is 118 Å². The smallest absolute Gasteiger partial charge is 0.227 e. The number of rotatable bonds is 6. The molecule has 0 aliphatic heterocycles. The van der Waals surface area contributed by atoms with Gasteiger partial charge in [0.1, 0.15) is 5.82 Å². The van der Waals surface area contributed by atoms with Crippen molar-refractivity contribution in [1.82, 2.24) is 0 Å². The van der Waals surface area contributed by atoms with Crippen LogP contribution in [0.15, 0.2) is 18.2 Å². The predicted molar refractivity (Wildman–Crippen MR) is 76.7 cm³/mol. The van der Waals surface area contributed by atoms with Crippen molar-refractivity contribution in [2.45, 2.75) is 39.2 Å². The third kappa shape index (κ3) is 5.57. The molecule has 0 radical (unpaired) electrons. The highest BCUT2D eigenvalue weighted by molar-refractivity contribution is 6.33. The second-order valence-electron chi connectivity index (χ2n) is 4.92. The minimum atomic E-state index is -0.427. The fourth-order valence-electron chi connectivity index (χ4n) is 1.73. The molecule has 0 heterocycles. The molecule has 3 N–H and O–H groups in total. The molecule has 0 spiro atoms. The zero-order valence-electron chi connectivity index (χ0n) is 11.2. The highest BCUT2D eigenvalue weighted by Crippen LogP contribution is 2.23. The van der Waals surface area contributed by atoms with Crippen LogP contribution >= 0.6 is 11.6 Å². The summed E-state index contributed by atoms with van der Waals surface area (Å²) in [5.74, 6) is -0.737. The third-order valence-corrected chi connectivity index (χ3v) is 3.26. The summed E-state index contributed by atoms with van der Waals surface area (Å²) in [5.41, 5.74) is 5.97. The summed E-state index contributed by atoms with van der Waals surface area (Å²) in [4.78, 5) is 11.9. The van der Waals surface area contributed by atoms with E-state index in [1.807, 2.05) is 13.8 Å². The number of nitrogens with two attached hydrogens (primary N) is 1. The lowest BCUT2D eigenvalue weighted by atomic mass is 10.0. The van der Waals surface area contributed by atoms with E-state index in [1.54, 1.807) is 0 Å². The Hall–Kier alpha value is -1.13. The average molecular weight is 287 g/mol. The Kier molecular flexibility index (Phi) is 6.25. The van der Waals surface area contributed by atoms with E-state index in [2.05, 4.69) is 5.32 Å². The summed E-state index contributed by atoms with van der Waals surface area (Å²) in [6.07, 6.45) is 2.53. The number of nitrogens with one attached hydrogen (secondary N) is 1. The van der Waals surface area contributed by atoms with Gasteiger partial charge in [-0.25, -0.2) is 4.39 Å². The third-order valence-electron chi connectivity index (χ3n) is 2.93. The van der Waals surface area contributed by atoms with Crippen LogP contribution in [0.1, 0.15) is 33.1 Å². The van der Waals surface area contributed by atoms with Crippen LogP contribution in [-0.4, -0.2) is 11.9 Å². The van der Waals surface area contributed by atoms with Crippen molar-refractivity contribution in [2.24, 2.45) is 11.7 Å². The molecule has 2 atom stereocenters. The normalized spacial score (nSPS) is 13.9. The van der Waals surface area contributed by atoms with Gasteiger partial charge in [-0.2, -0.15) is 0 Å². The van der Waals surface area contributed by atoms with E-state index in [4.69, 9.17) is 17.3 Å². The van der Waals surface area contributed by atoms with E-state index in [0.717, 1.165) is 19.3 Å². The molecule has 0 saturated carbocycles. The number of halogens is 2. The van der Waals surface area contributed by atoms with Gasteiger partial charge in [-0.15, -0.1) is 0 Å². The Bertz CT molecular complexity index is 437. The summed E-state index contributed by atoms with van der Waals surface area (Å²) in [5, 5.41) is 2.98. The highest BCUT2D eigenvalue weighted by atomic mass is 35.5. The zero-order chi connectivity index (χ0) is 14.4. The standard InChI is InChI=1S/C14H20ClFN2O/c1-9(4-3-5-10(2)17)14(19)18-13-8-11(16)6-7-12(13)15/h6-10H,3-5,17H2,1-2H3,(H,18,19). The second kappa shape index (κ2) is 7.46. The Balaban J connectivity index is 2.51. The van der Waals surface area contributed by atoms with E-state index in [9.17, 15) is 9.18 Å². The maximum atomic E-state index is 13.1. The van der Waals surface area contributed by atoms with Crippen LogP contribution in [0.25, 0.3) is 0 Å². The molecule has 1 aromatic rings. The van der Waals surface area contributed by atoms with Crippen molar-refractivity contribution in [1.29, 1.82) is 0 Å². The zero-order valence-corrected chi connectivity index (χ0v) is 12.0. The average Bonchev–Trinajstić information content (AvgIpc) is 2.33. The highest BCUT2D eigenvalue weighted by Gasteiger charge is 2.14. The first-order chi connectivity index (χ1) is 8.90. The number of carbonyl (C=O) groups is 1. The summed E-state index contributed by atoms with van der Waals surface area (Å²) < 4.78 is 13.1. The van der Waals surface area contributed by atoms with Crippen molar-refractivity contribution >= 4 is 23.2 Å². The molecule has 0 saturated heterocycles. The van der Waals surface area contributed by atoms with Crippen LogP contribution in [0, 0.1) is 11.7 Å². The van der Waals surface area contributed by atoms with Crippen LogP contribution < -0.4 is 11.1 Å². The first-order valence-electron chi connectivity index (χ1n) is 6.41. The molecule has 0 aromatic heterocycles. The lowest BCUT2D eigenvalue weighted by Crippen LogP contribution is -2.21. The first kappa shape index (κ1) is 15.9. The molecule has 1 aromatic carbocycles. The van der Waals surface area contributed by atoms with Gasteiger partial charge in [0.05, 0.1) is 10.7 Å². The van der Waals surface area contributed by atoms with Crippen LogP contribution in [-0.2, 0) is 4.79 Å². The Morgan fingerprint density at radius 1 is 1.42 bits per heavy atom. The van der Waals surface area contributed by atoms with Gasteiger partial charge in [-0.05, 0) is 38.0 Å². The molecular formula is C14H20ClFN2O. The number of amides is 1. The molecule has 0 bridgehead atoms. The minimum absolute atomic E-state index is 0.146. The topological polar surface area (TPSA) is 55.1 Å². The number of benzene rings is 1. The lowest BCUT2D eigenvalue weighted by molar-refractivity contribution is -0.119. The van der Waals surface area contributed by atoms with E-state index < -0.39 is 5.82 Å². The quantitative estimate of drug-likeness (QED) is 0.840. The number of hydrogen-bond donors (Lipinski definition) is 2. The van der Waals surface area contributed by atoms with Gasteiger partial charge in [0.2, 0.25) is 5.91 Å². The van der Waals surface area contributed by atoms with Gasteiger partial charge in [-0.1, -0.05) is 24.9 Å². The van der Waals surface area contributed by atoms with Crippen molar-refractivity contribution in [3.05, 3.63) is 29.0 Å². The molecule has 2 unspecified atom stereocenters. The predicted octanol–water partition coefficient (Wildman–Crippen LogP) is 3.57. The molecule has 106 valence electrons. The Morgan fingerprint density at radius 3 is 2.74 bits per heavy atom. The van der Waals surface area contributed by atoms with Gasteiger partial charge >= 0.3 is 0 Å². The molecule has 5 heteroatoms. The molecule has 1 amide bonds. The van der Waals surface area contributed by atoms with E-state index >= 15 is 0 Å². The molecule has 0 aliphatic carbocycles. The molecular weight excluding hydrogens is 267 g/mol. The fraction of sp³-hybridized carbons (Fsp3) is 0.500. The number of hydrogen-bond acceptors (Lipinski definition) is 2. The van der Waals surface area contributed by atoms with Crippen molar-refractivity contribution in [2.75, 3.05) is 5.32 Å². The van der Waals surface area contributed by atoms with Gasteiger partial charge in [0, 0.05) is 12.0 Å². The van der Waals surface area contributed by atoms with Gasteiger partial charge < -0.3 is 11.1 Å². The largest absolute Gasteiger partial charge is 0.328 e. The maximum absolute atomic E-state index is 13.1. The van der Waals surface area contributed by atoms with E-state index in [1.165, 1.54) is 18.2 Å². The monoisotopic (exact) mass is 286 g/mol. The van der Waals surface area contributed by atoms with Gasteiger partial charge in [-0.3, -0.25) is 4.79 Å². The maximum Gasteiger partial charge on any atom is 0.227 e. The lowest BCUT2D eigenvalue weighted by Gasteiger charge is -2.13. The molecule has 1 rings (SSSR count). The fourth-order valence-corrected chi connectivity index (χ4v) is 1.89. The summed E-state index contributed by atoms with van der Waals surface area (Å²) in [6.45, 7) is 3.78. The molecule has 19 heavy (non-hydrogen) atoms. The van der Waals surface area contributed by atoms with Crippen LogP contribution in [0.5, 0.6) is 0 Å². The summed E-state index contributed by atoms with van der Waals surface area (Å²) in [7, 11) is 0. The summed E-state index contributed by atoms with van der Waals surface area (Å²) >= 11 is 5.89. The SMILES string of the molecule is CC(N)CCCC(C)C(=O)Nc1cc(F)ccc1Cl. The van der Waals surface area contributed by atoms with E-state index in [0.29, 0.717) is 10.7 Å². The van der Waals surface area contributed by atoms with Crippen molar-refractivity contribution < 1.29 is 9.18 Å². The van der Waals surface area contributed by atoms with E-state index in [-0.39, 0.29) is 17.9 Å². The van der Waals surface area contributed by atoms with Crippen molar-refractivity contribution in [3.8, 4) is 0 Å². The molecule has 3 nitrogen and oxygen atoms in total. The Morgan fingerprint density at radius 2 is 2.11 bits per heavy atom. The summed E-state index contributed by atoms with van der Waals surface area (Å²) in [6, 6.07) is 4.04. The number of anilines is 1. The molecule has 0 fully saturated rings. The number of carbonyl (C=O) groups excluding carboxylic acids is 1. The molecule has 0 aliphatic rings. The van der Waals surface area contributed by atoms with Gasteiger partial charge in [0.25, 0.3) is 0 Å². The van der Waals surface area contributed by atoms with Gasteiger partial charge in [0.15, 0.2) is 0 Å². The minimum Gasteiger partial charge on any atom is -0.328 e. The van der Waals surface area contributed by atoms with Crippen LogP contribution in [0.3, 0.4) is 0 Å².